The molecule has 1 aliphatic heterocycles. The summed E-state index contributed by atoms with van der Waals surface area (Å²) < 4.78 is 0. The first-order valence-electron chi connectivity index (χ1n) is 6.02. The predicted octanol–water partition coefficient (Wildman–Crippen LogP) is 0.785. The van der Waals surface area contributed by atoms with Gasteiger partial charge in [0.15, 0.2) is 0 Å². The van der Waals surface area contributed by atoms with Gasteiger partial charge >= 0.3 is 0 Å². The van der Waals surface area contributed by atoms with Gasteiger partial charge in [-0.25, -0.2) is 4.98 Å². The van der Waals surface area contributed by atoms with E-state index in [1.165, 1.54) is 0 Å². The number of carbonyl (C=O) groups excluding carboxylic acids is 2. The second kappa shape index (κ2) is 5.88. The number of hydrogen-bond acceptors (Lipinski definition) is 4. The molecule has 19 heavy (non-hydrogen) atoms. The summed E-state index contributed by atoms with van der Waals surface area (Å²) in [5.41, 5.74) is 0.186. The highest BCUT2D eigenvalue weighted by Gasteiger charge is 2.22. The van der Waals surface area contributed by atoms with Gasteiger partial charge in [0.1, 0.15) is 11.5 Å². The van der Waals surface area contributed by atoms with Crippen molar-refractivity contribution >= 4 is 29.2 Å². The van der Waals surface area contributed by atoms with Crippen molar-refractivity contribution in [3.8, 4) is 0 Å². The van der Waals surface area contributed by atoms with E-state index in [1.54, 1.807) is 19.2 Å². The topological polar surface area (TPSA) is 83.1 Å². The minimum atomic E-state index is -0.330. The summed E-state index contributed by atoms with van der Waals surface area (Å²) in [6.45, 7) is 0.438. The molecule has 102 valence electrons. The van der Waals surface area contributed by atoms with E-state index in [-0.39, 0.29) is 23.6 Å². The molecule has 1 aromatic heterocycles. The third-order valence-corrected chi connectivity index (χ3v) is 3.22. The lowest BCUT2D eigenvalue weighted by Gasteiger charge is -2.23. The number of nitrogens with zero attached hydrogens (tertiary/aromatic N) is 1. The Labute approximate surface area is 115 Å². The molecule has 7 heteroatoms. The number of aromatic nitrogens is 1. The third-order valence-electron chi connectivity index (χ3n) is 2.92. The van der Waals surface area contributed by atoms with Gasteiger partial charge < -0.3 is 16.0 Å². The Morgan fingerprint density at radius 2 is 2.32 bits per heavy atom. The van der Waals surface area contributed by atoms with E-state index in [0.29, 0.717) is 30.2 Å². The molecule has 2 amide bonds. The molecule has 1 saturated heterocycles. The minimum Gasteiger partial charge on any atom is -0.373 e. The molecular weight excluding hydrogens is 268 g/mol. The number of nitrogens with one attached hydrogen (secondary N) is 3. The van der Waals surface area contributed by atoms with Gasteiger partial charge in [0.2, 0.25) is 5.91 Å². The second-order valence-electron chi connectivity index (χ2n) is 4.29. The van der Waals surface area contributed by atoms with Crippen LogP contribution in [0.5, 0.6) is 0 Å². The Bertz CT molecular complexity index is 497. The lowest BCUT2D eigenvalue weighted by Crippen LogP contribution is -2.47. The summed E-state index contributed by atoms with van der Waals surface area (Å²) in [4.78, 5) is 27.3. The quantitative estimate of drug-likeness (QED) is 0.765. The van der Waals surface area contributed by atoms with E-state index in [0.717, 1.165) is 0 Å². The van der Waals surface area contributed by atoms with Gasteiger partial charge in [-0.15, -0.1) is 0 Å². The largest absolute Gasteiger partial charge is 0.373 e. The first-order valence-corrected chi connectivity index (χ1v) is 6.40. The average Bonchev–Trinajstić information content (AvgIpc) is 2.42. The molecule has 3 N–H and O–H groups in total. The molecule has 1 aromatic rings. The number of piperidine rings is 1. The number of pyridine rings is 1. The van der Waals surface area contributed by atoms with Crippen molar-refractivity contribution in [3.63, 3.8) is 0 Å². The van der Waals surface area contributed by atoms with Crippen LogP contribution in [0.4, 0.5) is 5.82 Å². The Hall–Kier alpha value is -1.82. The molecule has 0 bridgehead atoms. The van der Waals surface area contributed by atoms with Crippen LogP contribution in [0.15, 0.2) is 12.1 Å². The Morgan fingerprint density at radius 1 is 1.53 bits per heavy atom. The highest BCUT2D eigenvalue weighted by atomic mass is 35.5. The first kappa shape index (κ1) is 13.6. The molecular formula is C12H15ClN4O2. The fourth-order valence-electron chi connectivity index (χ4n) is 1.85. The average molecular weight is 283 g/mol. The van der Waals surface area contributed by atoms with Gasteiger partial charge in [0, 0.05) is 26.1 Å². The SMILES string of the molecule is CNc1ccc(Cl)c(C(=O)NC2CCC(=O)NC2)n1. The summed E-state index contributed by atoms with van der Waals surface area (Å²) in [6.07, 6.45) is 1.05. The van der Waals surface area contributed by atoms with Gasteiger partial charge in [-0.3, -0.25) is 9.59 Å². The number of rotatable bonds is 3. The highest BCUT2D eigenvalue weighted by molar-refractivity contribution is 6.33. The van der Waals surface area contributed by atoms with Crippen molar-refractivity contribution < 1.29 is 9.59 Å². The summed E-state index contributed by atoms with van der Waals surface area (Å²) in [6, 6.07) is 3.24. The van der Waals surface area contributed by atoms with Gasteiger partial charge in [0.05, 0.1) is 5.02 Å². The lowest BCUT2D eigenvalue weighted by molar-refractivity contribution is -0.122. The van der Waals surface area contributed by atoms with Gasteiger partial charge in [-0.2, -0.15) is 0 Å². The zero-order valence-electron chi connectivity index (χ0n) is 10.5. The van der Waals surface area contributed by atoms with Crippen molar-refractivity contribution in [2.45, 2.75) is 18.9 Å². The molecule has 6 nitrogen and oxygen atoms in total. The van der Waals surface area contributed by atoms with Crippen LogP contribution in [0.1, 0.15) is 23.3 Å². The van der Waals surface area contributed by atoms with E-state index in [9.17, 15) is 9.59 Å². The summed E-state index contributed by atoms with van der Waals surface area (Å²) in [5, 5.41) is 8.68. The zero-order valence-corrected chi connectivity index (χ0v) is 11.3. The summed E-state index contributed by atoms with van der Waals surface area (Å²) in [5.74, 6) is 0.258. The van der Waals surface area contributed by atoms with Crippen LogP contribution in [-0.2, 0) is 4.79 Å². The lowest BCUT2D eigenvalue weighted by atomic mass is 10.1. The Balaban J connectivity index is 2.05. The van der Waals surface area contributed by atoms with Crippen LogP contribution >= 0.6 is 11.6 Å². The molecule has 1 unspecified atom stereocenters. The monoisotopic (exact) mass is 282 g/mol. The fourth-order valence-corrected chi connectivity index (χ4v) is 2.04. The smallest absolute Gasteiger partial charge is 0.271 e. The number of halogens is 1. The van der Waals surface area contributed by atoms with Crippen LogP contribution in [0.25, 0.3) is 0 Å². The second-order valence-corrected chi connectivity index (χ2v) is 4.70. The first-order chi connectivity index (χ1) is 9.10. The van der Waals surface area contributed by atoms with Crippen LogP contribution < -0.4 is 16.0 Å². The zero-order chi connectivity index (χ0) is 13.8. The maximum Gasteiger partial charge on any atom is 0.271 e. The number of anilines is 1. The van der Waals surface area contributed by atoms with E-state index >= 15 is 0 Å². The van der Waals surface area contributed by atoms with Gasteiger partial charge in [0.25, 0.3) is 5.91 Å². The molecule has 0 saturated carbocycles. The minimum absolute atomic E-state index is 0.0128. The maximum absolute atomic E-state index is 12.1. The van der Waals surface area contributed by atoms with E-state index in [4.69, 9.17) is 11.6 Å². The molecule has 0 radical (unpaired) electrons. The fraction of sp³-hybridized carbons (Fsp3) is 0.417. The van der Waals surface area contributed by atoms with Crippen molar-refractivity contribution in [1.82, 2.24) is 15.6 Å². The predicted molar refractivity (Wildman–Crippen MR) is 72.3 cm³/mol. The van der Waals surface area contributed by atoms with Crippen LogP contribution in [0.2, 0.25) is 5.02 Å². The number of hydrogen-bond donors (Lipinski definition) is 3. The van der Waals surface area contributed by atoms with Crippen LogP contribution in [-0.4, -0.2) is 36.4 Å². The Morgan fingerprint density at radius 3 is 2.95 bits per heavy atom. The normalized spacial score (nSPS) is 18.6. The molecule has 1 atom stereocenters. The molecule has 2 heterocycles. The molecule has 0 spiro atoms. The number of amides is 2. The van der Waals surface area contributed by atoms with E-state index in [2.05, 4.69) is 20.9 Å². The van der Waals surface area contributed by atoms with Crippen molar-refractivity contribution in [2.24, 2.45) is 0 Å². The van der Waals surface area contributed by atoms with Crippen molar-refractivity contribution in [1.29, 1.82) is 0 Å². The van der Waals surface area contributed by atoms with E-state index in [1.807, 2.05) is 0 Å². The molecule has 1 aliphatic rings. The van der Waals surface area contributed by atoms with Crippen LogP contribution in [0, 0.1) is 0 Å². The van der Waals surface area contributed by atoms with E-state index < -0.39 is 0 Å². The van der Waals surface area contributed by atoms with Crippen LogP contribution in [0.3, 0.4) is 0 Å². The molecule has 2 rings (SSSR count). The van der Waals surface area contributed by atoms with Crippen molar-refractivity contribution in [2.75, 3.05) is 18.9 Å². The molecule has 1 fully saturated rings. The third kappa shape index (κ3) is 3.35. The summed E-state index contributed by atoms with van der Waals surface area (Å²) >= 11 is 5.97. The maximum atomic E-state index is 12.1. The van der Waals surface area contributed by atoms with Gasteiger partial charge in [-0.1, -0.05) is 11.6 Å². The van der Waals surface area contributed by atoms with Gasteiger partial charge in [-0.05, 0) is 18.6 Å². The summed E-state index contributed by atoms with van der Waals surface area (Å²) in [7, 11) is 1.72. The highest BCUT2D eigenvalue weighted by Crippen LogP contribution is 2.17. The Kier molecular flexibility index (Phi) is 4.21. The molecule has 0 aromatic carbocycles. The molecule has 0 aliphatic carbocycles. The number of carbonyl (C=O) groups is 2. The van der Waals surface area contributed by atoms with Crippen molar-refractivity contribution in [3.05, 3.63) is 22.8 Å². The standard InChI is InChI=1S/C12H15ClN4O2/c1-14-9-4-3-8(13)11(17-9)12(19)16-7-2-5-10(18)15-6-7/h3-4,7H,2,5-6H2,1H3,(H,14,17)(H,15,18)(H,16,19).